The third-order valence-corrected chi connectivity index (χ3v) is 4.26. The molecule has 0 aliphatic heterocycles. The lowest BCUT2D eigenvalue weighted by atomic mass is 10.2. The molecule has 0 N–H and O–H groups in total. The normalized spacial score (nSPS) is 11.9. The standard InChI is InChI=1S/C17H17FO2S/c1-13(12-21-16-10-6-5-9-15(16)18)17(19)20-11-14-7-3-2-4-8-14/h2-10,13H,11-12H2,1H3. The van der Waals surface area contributed by atoms with Crippen LogP contribution in [0.1, 0.15) is 12.5 Å². The molecule has 2 aromatic carbocycles. The fourth-order valence-electron chi connectivity index (χ4n) is 1.72. The third kappa shape index (κ3) is 4.90. The van der Waals surface area contributed by atoms with Crippen molar-refractivity contribution in [2.24, 2.45) is 5.92 Å². The van der Waals surface area contributed by atoms with Gasteiger partial charge >= 0.3 is 5.97 Å². The first-order valence-electron chi connectivity index (χ1n) is 6.74. The van der Waals surface area contributed by atoms with Crippen LogP contribution in [0.3, 0.4) is 0 Å². The van der Waals surface area contributed by atoms with Crippen LogP contribution in [0, 0.1) is 11.7 Å². The van der Waals surface area contributed by atoms with Crippen LogP contribution in [0.2, 0.25) is 0 Å². The van der Waals surface area contributed by atoms with Crippen LogP contribution in [0.4, 0.5) is 4.39 Å². The van der Waals surface area contributed by atoms with E-state index in [0.717, 1.165) is 5.56 Å². The van der Waals surface area contributed by atoms with Crippen molar-refractivity contribution < 1.29 is 13.9 Å². The lowest BCUT2D eigenvalue weighted by Crippen LogP contribution is -2.16. The average molecular weight is 304 g/mol. The van der Waals surface area contributed by atoms with Gasteiger partial charge in [-0.05, 0) is 17.7 Å². The van der Waals surface area contributed by atoms with Crippen molar-refractivity contribution in [3.05, 3.63) is 66.0 Å². The van der Waals surface area contributed by atoms with Crippen LogP contribution in [0.5, 0.6) is 0 Å². The highest BCUT2D eigenvalue weighted by Crippen LogP contribution is 2.24. The first-order chi connectivity index (χ1) is 10.2. The minimum Gasteiger partial charge on any atom is -0.461 e. The molecule has 0 amide bonds. The van der Waals surface area contributed by atoms with E-state index in [-0.39, 0.29) is 24.3 Å². The first-order valence-corrected chi connectivity index (χ1v) is 7.73. The number of rotatable bonds is 6. The molecule has 4 heteroatoms. The van der Waals surface area contributed by atoms with Gasteiger partial charge in [-0.3, -0.25) is 4.79 Å². The van der Waals surface area contributed by atoms with E-state index in [1.807, 2.05) is 30.3 Å². The number of hydrogen-bond donors (Lipinski definition) is 0. The molecule has 0 saturated heterocycles. The largest absolute Gasteiger partial charge is 0.461 e. The summed E-state index contributed by atoms with van der Waals surface area (Å²) in [5, 5.41) is 0. The van der Waals surface area contributed by atoms with Gasteiger partial charge < -0.3 is 4.74 Å². The fraction of sp³-hybridized carbons (Fsp3) is 0.235. The number of carbonyl (C=O) groups is 1. The van der Waals surface area contributed by atoms with Crippen molar-refractivity contribution >= 4 is 17.7 Å². The van der Waals surface area contributed by atoms with Gasteiger partial charge in [0.25, 0.3) is 0 Å². The molecule has 0 bridgehead atoms. The van der Waals surface area contributed by atoms with E-state index in [9.17, 15) is 9.18 Å². The van der Waals surface area contributed by atoms with Gasteiger partial charge in [-0.2, -0.15) is 0 Å². The zero-order chi connectivity index (χ0) is 15.1. The number of ether oxygens (including phenoxy) is 1. The molecule has 2 rings (SSSR count). The molecule has 0 aromatic heterocycles. The summed E-state index contributed by atoms with van der Waals surface area (Å²) >= 11 is 1.33. The van der Waals surface area contributed by atoms with E-state index < -0.39 is 0 Å². The van der Waals surface area contributed by atoms with Gasteiger partial charge in [0.15, 0.2) is 0 Å². The summed E-state index contributed by atoms with van der Waals surface area (Å²) < 4.78 is 18.7. The second-order valence-electron chi connectivity index (χ2n) is 4.74. The van der Waals surface area contributed by atoms with Crippen LogP contribution < -0.4 is 0 Å². The highest BCUT2D eigenvalue weighted by atomic mass is 32.2. The summed E-state index contributed by atoms with van der Waals surface area (Å²) in [6.07, 6.45) is 0. The Bertz CT molecular complexity index is 586. The Morgan fingerprint density at radius 3 is 2.52 bits per heavy atom. The SMILES string of the molecule is CC(CSc1ccccc1F)C(=O)OCc1ccccc1. The van der Waals surface area contributed by atoms with E-state index in [2.05, 4.69) is 0 Å². The van der Waals surface area contributed by atoms with Crippen molar-refractivity contribution in [3.63, 3.8) is 0 Å². The molecule has 0 spiro atoms. The Labute approximate surface area is 128 Å². The fourth-order valence-corrected chi connectivity index (χ4v) is 2.66. The number of hydrogen-bond acceptors (Lipinski definition) is 3. The van der Waals surface area contributed by atoms with Gasteiger partial charge in [0.1, 0.15) is 12.4 Å². The Morgan fingerprint density at radius 2 is 1.81 bits per heavy atom. The summed E-state index contributed by atoms with van der Waals surface area (Å²) in [7, 11) is 0. The zero-order valence-electron chi connectivity index (χ0n) is 11.8. The Kier molecular flexibility index (Phi) is 5.81. The number of carbonyl (C=O) groups excluding carboxylic acids is 1. The molecule has 1 unspecified atom stereocenters. The predicted molar refractivity (Wildman–Crippen MR) is 82.5 cm³/mol. The number of halogens is 1. The van der Waals surface area contributed by atoms with Crippen LogP contribution in [0.25, 0.3) is 0 Å². The summed E-state index contributed by atoms with van der Waals surface area (Å²) in [5.41, 5.74) is 0.958. The van der Waals surface area contributed by atoms with Crippen LogP contribution in [0.15, 0.2) is 59.5 Å². The van der Waals surface area contributed by atoms with E-state index in [0.29, 0.717) is 10.6 Å². The smallest absolute Gasteiger partial charge is 0.309 e. The summed E-state index contributed by atoms with van der Waals surface area (Å²) in [4.78, 5) is 12.4. The summed E-state index contributed by atoms with van der Waals surface area (Å²) in [5.74, 6) is -0.303. The minimum absolute atomic E-state index is 0.257. The Hall–Kier alpha value is -1.81. The van der Waals surface area contributed by atoms with Crippen molar-refractivity contribution in [2.45, 2.75) is 18.4 Å². The molecule has 21 heavy (non-hydrogen) atoms. The lowest BCUT2D eigenvalue weighted by Gasteiger charge is -2.11. The lowest BCUT2D eigenvalue weighted by molar-refractivity contribution is -0.148. The average Bonchev–Trinajstić information content (AvgIpc) is 2.52. The van der Waals surface area contributed by atoms with Crippen molar-refractivity contribution in [3.8, 4) is 0 Å². The van der Waals surface area contributed by atoms with Gasteiger partial charge in [0.2, 0.25) is 0 Å². The quantitative estimate of drug-likeness (QED) is 0.588. The van der Waals surface area contributed by atoms with Gasteiger partial charge in [-0.25, -0.2) is 4.39 Å². The number of thioether (sulfide) groups is 1. The van der Waals surface area contributed by atoms with Crippen LogP contribution in [-0.2, 0) is 16.1 Å². The zero-order valence-corrected chi connectivity index (χ0v) is 12.6. The molecule has 110 valence electrons. The second kappa shape index (κ2) is 7.84. The van der Waals surface area contributed by atoms with E-state index in [4.69, 9.17) is 4.74 Å². The van der Waals surface area contributed by atoms with Crippen LogP contribution in [-0.4, -0.2) is 11.7 Å². The molecule has 0 fully saturated rings. The molecule has 1 atom stereocenters. The number of esters is 1. The van der Waals surface area contributed by atoms with Gasteiger partial charge in [-0.1, -0.05) is 49.4 Å². The molecule has 0 radical (unpaired) electrons. The highest BCUT2D eigenvalue weighted by molar-refractivity contribution is 7.99. The summed E-state index contributed by atoms with van der Waals surface area (Å²) in [6.45, 7) is 2.07. The Morgan fingerprint density at radius 1 is 1.14 bits per heavy atom. The first kappa shape index (κ1) is 15.6. The predicted octanol–water partition coefficient (Wildman–Crippen LogP) is 4.30. The molecule has 0 aliphatic carbocycles. The van der Waals surface area contributed by atoms with Gasteiger partial charge in [0, 0.05) is 10.6 Å². The Balaban J connectivity index is 1.79. The van der Waals surface area contributed by atoms with Crippen molar-refractivity contribution in [2.75, 3.05) is 5.75 Å². The molecule has 0 heterocycles. The van der Waals surface area contributed by atoms with Crippen LogP contribution >= 0.6 is 11.8 Å². The molecule has 0 saturated carbocycles. The van der Waals surface area contributed by atoms with E-state index in [1.54, 1.807) is 25.1 Å². The summed E-state index contributed by atoms with van der Waals surface area (Å²) in [6, 6.07) is 16.1. The van der Waals surface area contributed by atoms with Gasteiger partial charge in [0.05, 0.1) is 5.92 Å². The van der Waals surface area contributed by atoms with Crippen molar-refractivity contribution in [1.29, 1.82) is 0 Å². The maximum absolute atomic E-state index is 13.5. The molecule has 2 nitrogen and oxygen atoms in total. The minimum atomic E-state index is -0.279. The monoisotopic (exact) mass is 304 g/mol. The topological polar surface area (TPSA) is 26.3 Å². The molecular formula is C17H17FO2S. The molecule has 2 aromatic rings. The van der Waals surface area contributed by atoms with E-state index in [1.165, 1.54) is 17.8 Å². The second-order valence-corrected chi connectivity index (χ2v) is 5.80. The van der Waals surface area contributed by atoms with Crippen molar-refractivity contribution in [1.82, 2.24) is 0 Å². The third-order valence-electron chi connectivity index (χ3n) is 2.95. The highest BCUT2D eigenvalue weighted by Gasteiger charge is 2.15. The van der Waals surface area contributed by atoms with Gasteiger partial charge in [-0.15, -0.1) is 11.8 Å². The maximum atomic E-state index is 13.5. The number of benzene rings is 2. The molecular weight excluding hydrogens is 287 g/mol. The molecule has 0 aliphatic rings. The maximum Gasteiger partial charge on any atom is 0.309 e. The van der Waals surface area contributed by atoms with E-state index >= 15 is 0 Å².